The zero-order valence-corrected chi connectivity index (χ0v) is 14.5. The summed E-state index contributed by atoms with van der Waals surface area (Å²) in [5.41, 5.74) is 0. The molecular weight excluding hydrogens is 349 g/mol. The Balaban J connectivity index is 0.00000242. The van der Waals surface area contributed by atoms with E-state index in [4.69, 9.17) is 33.0 Å². The second-order valence-electron chi connectivity index (χ2n) is 5.23. The molecule has 124 valence electrons. The topological polar surface area (TPSA) is 49.8 Å². The molecule has 0 aliphatic carbocycles. The van der Waals surface area contributed by atoms with Crippen molar-refractivity contribution in [3.63, 3.8) is 0 Å². The van der Waals surface area contributed by atoms with Crippen LogP contribution in [0.3, 0.4) is 0 Å². The number of carboxylic acid groups (broad SMARTS) is 1. The minimum absolute atomic E-state index is 0. The summed E-state index contributed by atoms with van der Waals surface area (Å²) in [5.74, 6) is 0.0153. The molecule has 0 bridgehead atoms. The molecule has 1 N–H and O–H groups in total. The van der Waals surface area contributed by atoms with Crippen LogP contribution in [-0.4, -0.2) is 41.7 Å². The molecule has 0 amide bonds. The number of halogens is 3. The lowest BCUT2D eigenvalue weighted by molar-refractivity contribution is -0.137. The molecule has 0 atom stereocenters. The van der Waals surface area contributed by atoms with Gasteiger partial charge in [0, 0.05) is 25.6 Å². The largest absolute Gasteiger partial charge is 0.490 e. The first-order valence-corrected chi connectivity index (χ1v) is 7.86. The lowest BCUT2D eigenvalue weighted by Gasteiger charge is -2.32. The Morgan fingerprint density at radius 2 is 1.95 bits per heavy atom. The fraction of sp³-hybridized carbons (Fsp3) is 0.533. The molecular formula is C15H20Cl3NO3. The molecule has 22 heavy (non-hydrogen) atoms. The average Bonchev–Trinajstić information content (AvgIpc) is 2.44. The predicted molar refractivity (Wildman–Crippen MR) is 90.7 cm³/mol. The van der Waals surface area contributed by atoms with Gasteiger partial charge in [0.05, 0.1) is 10.0 Å². The van der Waals surface area contributed by atoms with Crippen LogP contribution >= 0.6 is 35.6 Å². The molecule has 1 aliphatic heterocycles. The summed E-state index contributed by atoms with van der Waals surface area (Å²) in [5, 5.41) is 9.66. The number of rotatable bonds is 6. The highest BCUT2D eigenvalue weighted by molar-refractivity contribution is 6.42. The van der Waals surface area contributed by atoms with Gasteiger partial charge in [0.2, 0.25) is 0 Å². The molecule has 1 fully saturated rings. The van der Waals surface area contributed by atoms with Crippen molar-refractivity contribution in [1.82, 2.24) is 4.90 Å². The molecule has 1 aromatic rings. The van der Waals surface area contributed by atoms with Gasteiger partial charge in [-0.1, -0.05) is 23.2 Å². The molecule has 1 saturated heterocycles. The molecule has 1 aliphatic rings. The number of hydrogen-bond donors (Lipinski definition) is 1. The highest BCUT2D eigenvalue weighted by Gasteiger charge is 2.20. The van der Waals surface area contributed by atoms with Crippen LogP contribution in [0.5, 0.6) is 5.75 Å². The lowest BCUT2D eigenvalue weighted by Crippen LogP contribution is -2.38. The Morgan fingerprint density at radius 3 is 2.55 bits per heavy atom. The summed E-state index contributed by atoms with van der Waals surface area (Å²) in [7, 11) is 0. The van der Waals surface area contributed by atoms with Gasteiger partial charge in [0.1, 0.15) is 11.9 Å². The first-order valence-electron chi connectivity index (χ1n) is 7.10. The van der Waals surface area contributed by atoms with Gasteiger partial charge in [-0.3, -0.25) is 4.79 Å². The third-order valence-corrected chi connectivity index (χ3v) is 4.33. The van der Waals surface area contributed by atoms with Gasteiger partial charge in [-0.15, -0.1) is 12.4 Å². The third-order valence-electron chi connectivity index (χ3n) is 3.59. The Morgan fingerprint density at radius 1 is 1.27 bits per heavy atom. The number of carboxylic acids is 1. The van der Waals surface area contributed by atoms with Crippen molar-refractivity contribution in [3.05, 3.63) is 28.2 Å². The smallest absolute Gasteiger partial charge is 0.303 e. The maximum atomic E-state index is 10.5. The van der Waals surface area contributed by atoms with Crippen molar-refractivity contribution >= 4 is 41.6 Å². The van der Waals surface area contributed by atoms with E-state index in [1.165, 1.54) is 0 Å². The minimum Gasteiger partial charge on any atom is -0.490 e. The van der Waals surface area contributed by atoms with E-state index in [1.54, 1.807) is 12.1 Å². The molecule has 0 saturated carbocycles. The predicted octanol–water partition coefficient (Wildman–Crippen LogP) is 4.12. The molecule has 1 heterocycles. The van der Waals surface area contributed by atoms with Gasteiger partial charge in [0.25, 0.3) is 0 Å². The summed E-state index contributed by atoms with van der Waals surface area (Å²) in [6.07, 6.45) is 2.99. The van der Waals surface area contributed by atoms with Gasteiger partial charge in [0.15, 0.2) is 0 Å². The second-order valence-corrected chi connectivity index (χ2v) is 6.05. The van der Waals surface area contributed by atoms with Crippen molar-refractivity contribution in [2.75, 3.05) is 19.6 Å². The Kier molecular flexibility index (Phi) is 8.33. The number of ether oxygens (including phenoxy) is 1. The van der Waals surface area contributed by atoms with Crippen LogP contribution in [0.25, 0.3) is 0 Å². The number of piperidine rings is 1. The maximum Gasteiger partial charge on any atom is 0.303 e. The SMILES string of the molecule is Cl.O=C(O)CCCN1CCC(Oc2ccc(Cl)c(Cl)c2)CC1. The van der Waals surface area contributed by atoms with E-state index in [9.17, 15) is 4.79 Å². The van der Waals surface area contributed by atoms with E-state index >= 15 is 0 Å². The lowest BCUT2D eigenvalue weighted by atomic mass is 10.1. The zero-order chi connectivity index (χ0) is 15.2. The average molecular weight is 369 g/mol. The van der Waals surface area contributed by atoms with Crippen molar-refractivity contribution in [2.45, 2.75) is 31.8 Å². The number of likely N-dealkylation sites (tertiary alicyclic amines) is 1. The summed E-state index contributed by atoms with van der Waals surface area (Å²) in [4.78, 5) is 12.8. The number of aliphatic carboxylic acids is 1. The van der Waals surface area contributed by atoms with Crippen molar-refractivity contribution < 1.29 is 14.6 Å². The van der Waals surface area contributed by atoms with Crippen LogP contribution in [-0.2, 0) is 4.79 Å². The van der Waals surface area contributed by atoms with E-state index in [0.717, 1.165) is 38.2 Å². The van der Waals surface area contributed by atoms with Crippen LogP contribution in [0.4, 0.5) is 0 Å². The van der Waals surface area contributed by atoms with Crippen molar-refractivity contribution in [1.29, 1.82) is 0 Å². The molecule has 4 nitrogen and oxygen atoms in total. The van der Waals surface area contributed by atoms with Crippen LogP contribution in [0, 0.1) is 0 Å². The van der Waals surface area contributed by atoms with E-state index in [0.29, 0.717) is 16.5 Å². The summed E-state index contributed by atoms with van der Waals surface area (Å²) in [6, 6.07) is 5.30. The Hall–Kier alpha value is -0.680. The van der Waals surface area contributed by atoms with Crippen LogP contribution < -0.4 is 4.74 Å². The first-order chi connectivity index (χ1) is 10.0. The Labute approximate surface area is 146 Å². The monoisotopic (exact) mass is 367 g/mol. The fourth-order valence-corrected chi connectivity index (χ4v) is 2.74. The highest BCUT2D eigenvalue weighted by atomic mass is 35.5. The normalized spacial score (nSPS) is 16.1. The van der Waals surface area contributed by atoms with Gasteiger partial charge in [-0.05, 0) is 37.9 Å². The molecule has 0 aromatic heterocycles. The minimum atomic E-state index is -0.729. The standard InChI is InChI=1S/C15H19Cl2NO3.ClH/c16-13-4-3-12(10-14(13)17)21-11-5-8-18(9-6-11)7-1-2-15(19)20;/h3-4,10-11H,1-2,5-9H2,(H,19,20);1H. The summed E-state index contributed by atoms with van der Waals surface area (Å²) >= 11 is 11.8. The molecule has 7 heteroatoms. The van der Waals surface area contributed by atoms with Crippen LogP contribution in [0.1, 0.15) is 25.7 Å². The first kappa shape index (κ1) is 19.4. The van der Waals surface area contributed by atoms with Gasteiger partial charge in [-0.2, -0.15) is 0 Å². The van der Waals surface area contributed by atoms with E-state index in [2.05, 4.69) is 4.90 Å². The molecule has 0 spiro atoms. The van der Waals surface area contributed by atoms with Crippen molar-refractivity contribution in [3.8, 4) is 5.75 Å². The van der Waals surface area contributed by atoms with Crippen molar-refractivity contribution in [2.24, 2.45) is 0 Å². The third kappa shape index (κ3) is 6.21. The second kappa shape index (κ2) is 9.46. The van der Waals surface area contributed by atoms with Gasteiger partial charge in [-0.25, -0.2) is 0 Å². The van der Waals surface area contributed by atoms with E-state index < -0.39 is 5.97 Å². The highest BCUT2D eigenvalue weighted by Crippen LogP contribution is 2.28. The molecule has 0 unspecified atom stereocenters. The van der Waals surface area contributed by atoms with Gasteiger partial charge >= 0.3 is 5.97 Å². The Bertz CT molecular complexity index is 491. The summed E-state index contributed by atoms with van der Waals surface area (Å²) < 4.78 is 5.92. The fourth-order valence-electron chi connectivity index (χ4n) is 2.45. The zero-order valence-electron chi connectivity index (χ0n) is 12.1. The summed E-state index contributed by atoms with van der Waals surface area (Å²) in [6.45, 7) is 2.71. The maximum absolute atomic E-state index is 10.5. The molecule has 1 aromatic carbocycles. The van der Waals surface area contributed by atoms with Gasteiger partial charge < -0.3 is 14.7 Å². The van der Waals surface area contributed by atoms with E-state index in [-0.39, 0.29) is 24.9 Å². The quantitative estimate of drug-likeness (QED) is 0.820. The van der Waals surface area contributed by atoms with E-state index in [1.807, 2.05) is 6.07 Å². The number of nitrogens with zero attached hydrogens (tertiary/aromatic N) is 1. The van der Waals surface area contributed by atoms with Crippen LogP contribution in [0.2, 0.25) is 10.0 Å². The number of carbonyl (C=O) groups is 1. The van der Waals surface area contributed by atoms with Crippen LogP contribution in [0.15, 0.2) is 18.2 Å². The molecule has 0 radical (unpaired) electrons. The number of hydrogen-bond acceptors (Lipinski definition) is 3. The number of benzene rings is 1. The molecule has 2 rings (SSSR count).